The zero-order valence-corrected chi connectivity index (χ0v) is 33.9. The largest absolute Gasteiger partial charge is 0.497 e. The zero-order valence-electron chi connectivity index (χ0n) is 33.9. The number of carbonyl (C=O) groups excluding carboxylic acids is 4. The Morgan fingerprint density at radius 1 is 0.643 bits per heavy atom. The summed E-state index contributed by atoms with van der Waals surface area (Å²) in [5.74, 6) is 1.99. The summed E-state index contributed by atoms with van der Waals surface area (Å²) < 4.78 is 21.6. The van der Waals surface area contributed by atoms with Crippen molar-refractivity contribution in [3.8, 4) is 11.5 Å². The van der Waals surface area contributed by atoms with Crippen LogP contribution in [0.15, 0.2) is 36.4 Å². The second-order valence-electron chi connectivity index (χ2n) is 15.3. The fourth-order valence-corrected chi connectivity index (χ4v) is 7.77. The van der Waals surface area contributed by atoms with Crippen LogP contribution < -0.4 is 20.1 Å². The molecule has 1 fully saturated rings. The molecule has 310 valence electrons. The molecule has 2 aliphatic carbocycles. The van der Waals surface area contributed by atoms with Gasteiger partial charge in [0.15, 0.2) is 17.9 Å². The van der Waals surface area contributed by atoms with Gasteiger partial charge in [-0.25, -0.2) is 0 Å². The molecular formula is C45H66N2O9. The van der Waals surface area contributed by atoms with Gasteiger partial charge in [0.1, 0.15) is 24.7 Å². The highest BCUT2D eigenvalue weighted by molar-refractivity contribution is 5.80. The van der Waals surface area contributed by atoms with Crippen molar-refractivity contribution in [2.75, 3.05) is 34.0 Å². The van der Waals surface area contributed by atoms with Crippen molar-refractivity contribution in [2.24, 2.45) is 0 Å². The van der Waals surface area contributed by atoms with Crippen LogP contribution in [0.1, 0.15) is 156 Å². The lowest BCUT2D eigenvalue weighted by molar-refractivity contribution is -0.169. The number of aryl methyl sites for hydroxylation is 2. The molecule has 0 bridgehead atoms. The van der Waals surface area contributed by atoms with Crippen LogP contribution in [0.25, 0.3) is 0 Å². The average molecular weight is 779 g/mol. The van der Waals surface area contributed by atoms with E-state index in [0.717, 1.165) is 127 Å². The second kappa shape index (κ2) is 25.5. The summed E-state index contributed by atoms with van der Waals surface area (Å²) in [6, 6.07) is 12.4. The molecule has 0 saturated carbocycles. The molecule has 3 N–H and O–H groups in total. The highest BCUT2D eigenvalue weighted by atomic mass is 16.7. The van der Waals surface area contributed by atoms with Crippen molar-refractivity contribution in [3.05, 3.63) is 58.7 Å². The van der Waals surface area contributed by atoms with Crippen molar-refractivity contribution in [1.29, 1.82) is 0 Å². The number of rotatable bonds is 22. The number of unbranched alkanes of at least 4 members (excludes halogenated alkanes) is 6. The third kappa shape index (κ3) is 16.0. The van der Waals surface area contributed by atoms with Crippen LogP contribution >= 0.6 is 0 Å². The van der Waals surface area contributed by atoms with Crippen LogP contribution in [0.5, 0.6) is 11.5 Å². The molecule has 3 unspecified atom stereocenters. The number of hydrogen-bond acceptors (Lipinski definition) is 9. The Labute approximate surface area is 334 Å². The second-order valence-corrected chi connectivity index (χ2v) is 15.3. The molecule has 2 aromatic carbocycles. The number of carbonyl (C=O) groups is 4. The Morgan fingerprint density at radius 2 is 1.14 bits per heavy atom. The molecule has 3 atom stereocenters. The number of Topliss-reactive ketones (excluding diaryl/α,β-unsaturated/α-hetero) is 2. The van der Waals surface area contributed by atoms with Crippen LogP contribution in [0.4, 0.5) is 0 Å². The third-order valence-corrected chi connectivity index (χ3v) is 11.0. The standard InChI is InChI=1S/C25H37NO5.C20H29NO4/c1-29-21-14-15-22-19(17-21)9-8-11-23(22)26-24(28)12-5-3-2-4-10-20(27)18-31-25-13-6-7-16-30-25;1-25-17-11-12-18-15(13-17)7-6-9-19(18)21-20(24)10-5-3-2-4-8-16(23)14-22/h14-15,17,23,25H,2-13,16,18H2,1H3,(H,26,28);11-13,19,22H,2-10,14H2,1H3,(H,21,24). The Bertz CT molecular complexity index is 1520. The molecular weight excluding hydrogens is 713 g/mol. The summed E-state index contributed by atoms with van der Waals surface area (Å²) in [5.41, 5.74) is 4.98. The molecule has 5 rings (SSSR count). The molecule has 0 spiro atoms. The van der Waals surface area contributed by atoms with Crippen LogP contribution in [0.3, 0.4) is 0 Å². The molecule has 3 aliphatic rings. The maximum Gasteiger partial charge on any atom is 0.220 e. The van der Waals surface area contributed by atoms with Gasteiger partial charge in [0.2, 0.25) is 11.8 Å². The summed E-state index contributed by atoms with van der Waals surface area (Å²) in [4.78, 5) is 47.5. The lowest BCUT2D eigenvalue weighted by Crippen LogP contribution is -2.30. The number of hydrogen-bond donors (Lipinski definition) is 3. The van der Waals surface area contributed by atoms with E-state index in [1.54, 1.807) is 14.2 Å². The van der Waals surface area contributed by atoms with E-state index >= 15 is 0 Å². The van der Waals surface area contributed by atoms with Gasteiger partial charge < -0.3 is 34.7 Å². The lowest BCUT2D eigenvalue weighted by atomic mass is 9.87. The van der Waals surface area contributed by atoms with E-state index < -0.39 is 0 Å². The number of fused-ring (bicyclic) bond motifs is 2. The van der Waals surface area contributed by atoms with Gasteiger partial charge in [-0.1, -0.05) is 37.8 Å². The Balaban J connectivity index is 0.000000255. The molecule has 0 radical (unpaired) electrons. The minimum absolute atomic E-state index is 0.0973. The predicted octanol–water partition coefficient (Wildman–Crippen LogP) is 7.73. The highest BCUT2D eigenvalue weighted by Crippen LogP contribution is 2.33. The minimum Gasteiger partial charge on any atom is -0.497 e. The Kier molecular flexibility index (Phi) is 20.4. The fourth-order valence-electron chi connectivity index (χ4n) is 7.77. The first-order valence-corrected chi connectivity index (χ1v) is 21.1. The topological polar surface area (TPSA) is 149 Å². The summed E-state index contributed by atoms with van der Waals surface area (Å²) in [6.45, 7) is 0.521. The maximum absolute atomic E-state index is 12.4. The molecule has 2 amide bonds. The van der Waals surface area contributed by atoms with E-state index in [-0.39, 0.29) is 55.0 Å². The van der Waals surface area contributed by atoms with Gasteiger partial charge in [-0.2, -0.15) is 0 Å². The third-order valence-electron chi connectivity index (χ3n) is 11.0. The van der Waals surface area contributed by atoms with Gasteiger partial charge in [-0.3, -0.25) is 19.2 Å². The van der Waals surface area contributed by atoms with E-state index in [1.165, 1.54) is 22.3 Å². The molecule has 1 heterocycles. The maximum atomic E-state index is 12.4. The van der Waals surface area contributed by atoms with E-state index in [1.807, 2.05) is 12.1 Å². The van der Waals surface area contributed by atoms with Crippen LogP contribution in [0, 0.1) is 0 Å². The number of ketones is 2. The lowest BCUT2D eigenvalue weighted by Gasteiger charge is -2.27. The van der Waals surface area contributed by atoms with E-state index in [4.69, 9.17) is 24.1 Å². The summed E-state index contributed by atoms with van der Waals surface area (Å²) >= 11 is 0. The van der Waals surface area contributed by atoms with Crippen molar-refractivity contribution in [3.63, 3.8) is 0 Å². The zero-order chi connectivity index (χ0) is 40.0. The number of aliphatic hydroxyl groups is 1. The van der Waals surface area contributed by atoms with Crippen molar-refractivity contribution in [1.82, 2.24) is 10.6 Å². The van der Waals surface area contributed by atoms with Crippen molar-refractivity contribution in [2.45, 2.75) is 153 Å². The van der Waals surface area contributed by atoms with Gasteiger partial charge in [-0.15, -0.1) is 0 Å². The summed E-state index contributed by atoms with van der Waals surface area (Å²) in [6.07, 6.45) is 18.2. The van der Waals surface area contributed by atoms with Gasteiger partial charge in [0, 0.05) is 32.3 Å². The van der Waals surface area contributed by atoms with Gasteiger partial charge in [0.25, 0.3) is 0 Å². The smallest absolute Gasteiger partial charge is 0.220 e. The van der Waals surface area contributed by atoms with E-state index in [0.29, 0.717) is 25.7 Å². The summed E-state index contributed by atoms with van der Waals surface area (Å²) in [7, 11) is 3.35. The first-order chi connectivity index (χ1) is 27.3. The van der Waals surface area contributed by atoms with Crippen LogP contribution in [0.2, 0.25) is 0 Å². The van der Waals surface area contributed by atoms with E-state index in [9.17, 15) is 19.2 Å². The van der Waals surface area contributed by atoms with Gasteiger partial charge >= 0.3 is 0 Å². The number of nitrogens with one attached hydrogen (secondary N) is 2. The number of aliphatic hydroxyl groups excluding tert-OH is 1. The molecule has 2 aromatic rings. The van der Waals surface area contributed by atoms with E-state index in [2.05, 4.69) is 34.9 Å². The van der Waals surface area contributed by atoms with Gasteiger partial charge in [0.05, 0.1) is 26.3 Å². The van der Waals surface area contributed by atoms with Crippen molar-refractivity contribution < 1.29 is 43.2 Å². The predicted molar refractivity (Wildman–Crippen MR) is 216 cm³/mol. The number of methoxy groups -OCH3 is 2. The Hall–Kier alpha value is -3.80. The van der Waals surface area contributed by atoms with Crippen LogP contribution in [-0.4, -0.2) is 68.8 Å². The molecule has 11 heteroatoms. The quantitative estimate of drug-likeness (QED) is 0.102. The molecule has 0 aromatic heterocycles. The number of benzene rings is 2. The Morgan fingerprint density at radius 3 is 1.61 bits per heavy atom. The van der Waals surface area contributed by atoms with Crippen LogP contribution in [-0.2, 0) is 41.5 Å². The molecule has 11 nitrogen and oxygen atoms in total. The average Bonchev–Trinajstić information content (AvgIpc) is 3.22. The monoisotopic (exact) mass is 778 g/mol. The van der Waals surface area contributed by atoms with Crippen molar-refractivity contribution >= 4 is 23.4 Å². The fraction of sp³-hybridized carbons (Fsp3) is 0.644. The number of amides is 2. The van der Waals surface area contributed by atoms with Gasteiger partial charge in [-0.05, 0) is 130 Å². The normalized spacial score (nSPS) is 18.7. The summed E-state index contributed by atoms with van der Waals surface area (Å²) in [5, 5.41) is 15.0. The molecule has 1 saturated heterocycles. The first kappa shape index (κ1) is 44.9. The SMILES string of the molecule is COc1ccc2c(c1)CCCC2NC(=O)CCCCCCC(=O)CO.COc1ccc2c(c1)CCCC2NC(=O)CCCCCCC(=O)COC1CCCCO1. The highest BCUT2D eigenvalue weighted by Gasteiger charge is 2.23. The molecule has 1 aliphatic heterocycles. The molecule has 56 heavy (non-hydrogen) atoms. The minimum atomic E-state index is -0.364. The number of ether oxygens (including phenoxy) is 4. The first-order valence-electron chi connectivity index (χ1n) is 21.1.